The fraction of sp³-hybridized carbons (Fsp3) is 0.536. The monoisotopic (exact) mass is 1060 g/mol. The molecule has 4 aliphatic heterocycles. The summed E-state index contributed by atoms with van der Waals surface area (Å²) in [5, 5.41) is 26.2. The predicted octanol–water partition coefficient (Wildman–Crippen LogP) is 8.54. The summed E-state index contributed by atoms with van der Waals surface area (Å²) in [6, 6.07) is 19.3. The van der Waals surface area contributed by atoms with Gasteiger partial charge in [-0.05, 0) is 139 Å². The van der Waals surface area contributed by atoms with Gasteiger partial charge in [0.25, 0.3) is 21.6 Å². The molecule has 5 atom stereocenters. The van der Waals surface area contributed by atoms with Gasteiger partial charge in [-0.1, -0.05) is 25.1 Å². The normalized spacial score (nSPS) is 26.8. The van der Waals surface area contributed by atoms with Gasteiger partial charge in [-0.15, -0.1) is 0 Å². The molecular formula is C56H70FN9O9S. The number of piperazine rings is 1. The lowest BCUT2D eigenvalue weighted by molar-refractivity contribution is -0.384. The largest absolute Gasteiger partial charge is 0.491 e. The number of fused-ring (bicyclic) bond motifs is 3. The molecule has 2 aliphatic carbocycles. The number of sulfonamides is 1. The summed E-state index contributed by atoms with van der Waals surface area (Å²) in [6.45, 7) is 13.8. The lowest BCUT2D eigenvalue weighted by Gasteiger charge is -2.62. The van der Waals surface area contributed by atoms with Crippen molar-refractivity contribution in [2.75, 3.05) is 74.6 Å². The fourth-order valence-electron chi connectivity index (χ4n) is 13.1. The van der Waals surface area contributed by atoms with E-state index in [9.17, 15) is 28.4 Å². The average molecular weight is 1060 g/mol. The van der Waals surface area contributed by atoms with E-state index in [0.717, 1.165) is 82.3 Å². The van der Waals surface area contributed by atoms with Crippen molar-refractivity contribution >= 4 is 55.4 Å². The number of nitrogens with zero attached hydrogens (tertiary/aromatic N) is 6. The molecule has 76 heavy (non-hydrogen) atoms. The summed E-state index contributed by atoms with van der Waals surface area (Å²) < 4.78 is 64.8. The second-order valence-corrected chi connectivity index (χ2v) is 24.5. The predicted molar refractivity (Wildman–Crippen MR) is 288 cm³/mol. The van der Waals surface area contributed by atoms with Gasteiger partial charge in [-0.25, -0.2) is 17.5 Å². The molecule has 2 saturated carbocycles. The Balaban J connectivity index is 0.877. The third-order valence-corrected chi connectivity index (χ3v) is 18.9. The molecule has 11 rings (SSSR count). The number of nitro groups is 1. The molecule has 2 aromatic heterocycles. The molecule has 3 saturated heterocycles. The van der Waals surface area contributed by atoms with E-state index in [-0.39, 0.29) is 58.2 Å². The van der Waals surface area contributed by atoms with Gasteiger partial charge in [0.2, 0.25) is 5.88 Å². The van der Waals surface area contributed by atoms with Crippen LogP contribution in [0.2, 0.25) is 0 Å². The number of piperidine rings is 1. The van der Waals surface area contributed by atoms with Gasteiger partial charge in [0.05, 0.1) is 56.9 Å². The number of aromatic amines is 1. The van der Waals surface area contributed by atoms with E-state index in [1.165, 1.54) is 23.9 Å². The number of anilines is 4. The Morgan fingerprint density at radius 2 is 1.79 bits per heavy atom. The lowest BCUT2D eigenvalue weighted by atomic mass is 9.53. The van der Waals surface area contributed by atoms with Crippen LogP contribution in [0.3, 0.4) is 0 Å². The van der Waals surface area contributed by atoms with Crippen LogP contribution in [0.1, 0.15) is 101 Å². The van der Waals surface area contributed by atoms with E-state index in [4.69, 9.17) is 14.2 Å². The van der Waals surface area contributed by atoms with Crippen LogP contribution < -0.4 is 29.3 Å². The van der Waals surface area contributed by atoms with E-state index in [0.29, 0.717) is 55.7 Å². The molecule has 1 spiro atoms. The molecule has 0 radical (unpaired) electrons. The van der Waals surface area contributed by atoms with Gasteiger partial charge in [-0.3, -0.25) is 19.8 Å². The molecule has 3 aromatic carbocycles. The van der Waals surface area contributed by atoms with Gasteiger partial charge in [0, 0.05) is 75.4 Å². The van der Waals surface area contributed by atoms with Crippen molar-refractivity contribution in [1.82, 2.24) is 24.5 Å². The Hall–Kier alpha value is -6.06. The van der Waals surface area contributed by atoms with Crippen molar-refractivity contribution in [2.24, 2.45) is 17.3 Å². The van der Waals surface area contributed by atoms with Crippen LogP contribution in [-0.2, 0) is 14.8 Å². The SMILES string of the molecule is CC(C)Oc1ccccc1[C@H]1CN(C)CCN1C1CC2(CCN(c3ccc(C(=O)NS(=O)(=O)c4ccc(NCC5CCC(C)(O)CC5)c([N+](=O)[O-])c4)c(N4c5cc6c(F)c[nH]c6nc5O[C@H]5COCC[C@@H]54)c3)CC2)C1C. The molecule has 406 valence electrons. The fourth-order valence-corrected chi connectivity index (χ4v) is 14.1. The molecule has 20 heteroatoms. The summed E-state index contributed by atoms with van der Waals surface area (Å²) in [4.78, 5) is 43.0. The standard InChI is InChI=1S/C56H70FN9O9S/c1-34(2)74-50-9-7-6-8-39(50)49-32-62(5)23-24-64(49)48-29-56(35(48)3)19-21-63(22-20-56)37-10-12-40(45(26-37)65-44-16-25-73-33-51(44)75-54-47(65)28-41-42(57)31-59-52(41)60-54)53(67)61-76(71,72)38-11-13-43(46(27-38)66(69)70)58-30-36-14-17-55(4,68)18-15-36/h6-13,26-28,31,34-36,44,48-49,51,58,68H,14-25,29-30,32-33H2,1-5H3,(H,59,60)(H,61,67)/t35?,36?,44-,48?,49+,51-,55?/m0/s1. The number of aliphatic hydroxyl groups is 1. The van der Waals surface area contributed by atoms with E-state index >= 15 is 4.39 Å². The van der Waals surface area contributed by atoms with Crippen molar-refractivity contribution in [3.63, 3.8) is 0 Å². The summed E-state index contributed by atoms with van der Waals surface area (Å²) in [6.07, 6.45) is 6.98. The average Bonchev–Trinajstić information content (AvgIpc) is 3.77. The first kappa shape index (κ1) is 52.0. The number of hydrogen-bond donors (Lipinski definition) is 4. The summed E-state index contributed by atoms with van der Waals surface area (Å²) in [5.74, 6) is 0.307. The highest BCUT2D eigenvalue weighted by Gasteiger charge is 2.55. The number of nitro benzene ring substituents is 1. The number of ether oxygens (including phenoxy) is 3. The van der Waals surface area contributed by atoms with E-state index in [1.54, 1.807) is 19.1 Å². The van der Waals surface area contributed by atoms with Crippen LogP contribution in [0.4, 0.5) is 32.8 Å². The molecule has 6 heterocycles. The minimum atomic E-state index is -4.69. The van der Waals surface area contributed by atoms with Gasteiger partial charge < -0.3 is 44.3 Å². The van der Waals surface area contributed by atoms with Gasteiger partial charge in [-0.2, -0.15) is 4.98 Å². The smallest absolute Gasteiger partial charge is 0.293 e. The number of amides is 1. The quantitative estimate of drug-likeness (QED) is 0.0644. The van der Waals surface area contributed by atoms with Crippen LogP contribution in [0.5, 0.6) is 11.6 Å². The van der Waals surface area contributed by atoms with Crippen LogP contribution in [0.15, 0.2) is 77.8 Å². The minimum Gasteiger partial charge on any atom is -0.491 e. The highest BCUT2D eigenvalue weighted by Crippen LogP contribution is 2.57. The first-order valence-corrected chi connectivity index (χ1v) is 28.5. The Morgan fingerprint density at radius 3 is 2.54 bits per heavy atom. The van der Waals surface area contributed by atoms with Crippen molar-refractivity contribution in [3.8, 4) is 11.6 Å². The number of pyridine rings is 1. The zero-order valence-corrected chi connectivity index (χ0v) is 44.8. The molecule has 18 nitrogen and oxygen atoms in total. The van der Waals surface area contributed by atoms with E-state index in [2.05, 4.69) is 80.7 Å². The number of nitrogens with one attached hydrogen (secondary N) is 3. The lowest BCUT2D eigenvalue weighted by Crippen LogP contribution is -2.64. The molecule has 5 fully saturated rings. The molecule has 4 N–H and O–H groups in total. The third kappa shape index (κ3) is 9.95. The molecule has 2 unspecified atom stereocenters. The van der Waals surface area contributed by atoms with Crippen LogP contribution in [0, 0.1) is 33.2 Å². The Labute approximate surface area is 443 Å². The Kier molecular flexibility index (Phi) is 14.0. The molecule has 5 aromatic rings. The maximum atomic E-state index is 15.4. The van der Waals surface area contributed by atoms with Crippen molar-refractivity contribution in [2.45, 2.75) is 120 Å². The van der Waals surface area contributed by atoms with E-state index in [1.807, 2.05) is 23.1 Å². The number of para-hydroxylation sites is 1. The number of likely N-dealkylation sites (N-methyl/N-ethyl adjacent to an activating group) is 1. The molecule has 1 amide bonds. The number of hydrogen-bond acceptors (Lipinski definition) is 15. The third-order valence-electron chi connectivity index (χ3n) is 17.6. The number of carbonyl (C=O) groups is 1. The van der Waals surface area contributed by atoms with Crippen molar-refractivity contribution < 1.29 is 41.8 Å². The first-order valence-electron chi connectivity index (χ1n) is 27.0. The summed E-state index contributed by atoms with van der Waals surface area (Å²) >= 11 is 0. The van der Waals surface area contributed by atoms with Crippen LogP contribution >= 0.6 is 0 Å². The topological polar surface area (TPSA) is 208 Å². The van der Waals surface area contributed by atoms with Gasteiger partial charge in [0.1, 0.15) is 34.7 Å². The highest BCUT2D eigenvalue weighted by atomic mass is 32.2. The highest BCUT2D eigenvalue weighted by molar-refractivity contribution is 7.90. The number of carbonyl (C=O) groups excluding carboxylic acids is 1. The molecular weight excluding hydrogens is 994 g/mol. The first-order chi connectivity index (χ1) is 36.4. The molecule has 6 aliphatic rings. The van der Waals surface area contributed by atoms with Crippen molar-refractivity contribution in [1.29, 1.82) is 0 Å². The second-order valence-electron chi connectivity index (χ2n) is 22.8. The number of rotatable bonds is 13. The maximum absolute atomic E-state index is 15.4. The van der Waals surface area contributed by atoms with Gasteiger partial charge in [0.15, 0.2) is 0 Å². The Bertz CT molecular complexity index is 3120. The maximum Gasteiger partial charge on any atom is 0.293 e. The second kappa shape index (κ2) is 20.4. The number of benzene rings is 3. The number of aromatic nitrogens is 2. The zero-order valence-electron chi connectivity index (χ0n) is 44.0. The Morgan fingerprint density at radius 1 is 1.01 bits per heavy atom. The van der Waals surface area contributed by atoms with E-state index < -0.39 is 55.0 Å². The van der Waals surface area contributed by atoms with Crippen molar-refractivity contribution in [3.05, 3.63) is 100.0 Å². The van der Waals surface area contributed by atoms with Crippen LogP contribution in [-0.4, -0.2) is 134 Å². The summed E-state index contributed by atoms with van der Waals surface area (Å²) in [5.41, 5.74) is 2.27. The molecule has 0 bridgehead atoms. The van der Waals surface area contributed by atoms with Crippen LogP contribution in [0.25, 0.3) is 11.0 Å². The van der Waals surface area contributed by atoms with Gasteiger partial charge >= 0.3 is 0 Å². The number of halogens is 1. The summed E-state index contributed by atoms with van der Waals surface area (Å²) in [7, 11) is -2.49. The minimum absolute atomic E-state index is 0.0188. The zero-order chi connectivity index (χ0) is 53.3. The number of H-pyrrole nitrogens is 1.